The molecule has 0 aliphatic rings. The molecule has 3 aromatic carbocycles. The van der Waals surface area contributed by atoms with Crippen molar-refractivity contribution in [2.45, 2.75) is 6.92 Å². The van der Waals surface area contributed by atoms with E-state index in [-0.39, 0.29) is 5.82 Å². The summed E-state index contributed by atoms with van der Waals surface area (Å²) in [6.45, 7) is 2.08. The third-order valence-electron chi connectivity index (χ3n) is 3.94. The molecule has 0 amide bonds. The van der Waals surface area contributed by atoms with E-state index in [1.54, 1.807) is 23.5 Å². The summed E-state index contributed by atoms with van der Waals surface area (Å²) in [4.78, 5) is 1.00. The number of fused-ring (bicyclic) bond motifs is 1. The molecule has 4 rings (SSSR count). The van der Waals surface area contributed by atoms with Gasteiger partial charge in [-0.3, -0.25) is 0 Å². The molecule has 0 spiro atoms. The van der Waals surface area contributed by atoms with E-state index in [4.69, 9.17) is 4.74 Å². The normalized spacial score (nSPS) is 11.0. The maximum Gasteiger partial charge on any atom is 0.153 e. The second-order valence-corrected chi connectivity index (χ2v) is 7.79. The van der Waals surface area contributed by atoms with Crippen LogP contribution in [-0.4, -0.2) is 0 Å². The molecule has 0 N–H and O–H groups in total. The van der Waals surface area contributed by atoms with Crippen LogP contribution in [0.2, 0.25) is 0 Å². The summed E-state index contributed by atoms with van der Waals surface area (Å²) in [5.41, 5.74) is 2.15. The second kappa shape index (κ2) is 6.62. The van der Waals surface area contributed by atoms with Crippen LogP contribution >= 0.6 is 27.3 Å². The minimum atomic E-state index is -0.240. The van der Waals surface area contributed by atoms with Crippen molar-refractivity contribution in [2.24, 2.45) is 0 Å². The number of thiophene rings is 1. The lowest BCUT2D eigenvalue weighted by Gasteiger charge is -2.08. The quantitative estimate of drug-likeness (QED) is 0.337. The highest BCUT2D eigenvalue weighted by molar-refractivity contribution is 9.10. The molecule has 1 heterocycles. The van der Waals surface area contributed by atoms with Crippen molar-refractivity contribution in [3.05, 3.63) is 82.6 Å². The molecule has 0 saturated carbocycles. The van der Waals surface area contributed by atoms with Gasteiger partial charge in [0, 0.05) is 14.6 Å². The van der Waals surface area contributed by atoms with Crippen molar-refractivity contribution in [3.8, 4) is 21.9 Å². The number of hydrogen-bond donors (Lipinski definition) is 0. The molecule has 0 fully saturated rings. The van der Waals surface area contributed by atoms with Gasteiger partial charge in [0.05, 0.1) is 4.88 Å². The number of ether oxygens (including phenoxy) is 1. The molecule has 0 saturated heterocycles. The van der Waals surface area contributed by atoms with E-state index < -0.39 is 0 Å². The van der Waals surface area contributed by atoms with Gasteiger partial charge in [-0.25, -0.2) is 4.39 Å². The van der Waals surface area contributed by atoms with Crippen LogP contribution in [0.4, 0.5) is 4.39 Å². The topological polar surface area (TPSA) is 9.23 Å². The van der Waals surface area contributed by atoms with Gasteiger partial charge in [-0.15, -0.1) is 11.3 Å². The largest absolute Gasteiger partial charge is 0.455 e. The predicted molar refractivity (Wildman–Crippen MR) is 106 cm³/mol. The first-order valence-corrected chi connectivity index (χ1v) is 9.43. The lowest BCUT2D eigenvalue weighted by molar-refractivity contribution is 0.491. The van der Waals surface area contributed by atoms with Crippen LogP contribution in [0.15, 0.2) is 71.2 Å². The Morgan fingerprint density at radius 2 is 1.64 bits per heavy atom. The van der Waals surface area contributed by atoms with E-state index in [1.807, 2.05) is 24.3 Å². The van der Waals surface area contributed by atoms with Crippen molar-refractivity contribution in [2.75, 3.05) is 0 Å². The average molecular weight is 413 g/mol. The third kappa shape index (κ3) is 3.32. The Labute approximate surface area is 157 Å². The molecular formula is C21H14BrFOS. The standard InChI is InChI=1S/C21H14BrFOS/c1-13-2-11-18-19(12-13)25-21(14-3-7-16(23)8-4-14)20(18)24-17-9-5-15(22)6-10-17/h2-12H,1H3. The molecule has 1 aromatic heterocycles. The highest BCUT2D eigenvalue weighted by Gasteiger charge is 2.16. The molecule has 1 nitrogen and oxygen atoms in total. The van der Waals surface area contributed by atoms with Crippen LogP contribution in [0.3, 0.4) is 0 Å². The monoisotopic (exact) mass is 412 g/mol. The van der Waals surface area contributed by atoms with Gasteiger partial charge in [0.2, 0.25) is 0 Å². The zero-order chi connectivity index (χ0) is 17.4. The fourth-order valence-electron chi connectivity index (χ4n) is 2.69. The van der Waals surface area contributed by atoms with Crippen LogP contribution in [0.1, 0.15) is 5.56 Å². The molecule has 0 radical (unpaired) electrons. The summed E-state index contributed by atoms with van der Waals surface area (Å²) in [7, 11) is 0. The Morgan fingerprint density at radius 3 is 2.36 bits per heavy atom. The fraction of sp³-hybridized carbons (Fsp3) is 0.0476. The molecule has 4 aromatic rings. The van der Waals surface area contributed by atoms with E-state index in [0.29, 0.717) is 0 Å². The SMILES string of the molecule is Cc1ccc2c(Oc3ccc(Br)cc3)c(-c3ccc(F)cc3)sc2c1. The molecule has 0 aliphatic heterocycles. The Bertz CT molecular complexity index is 1040. The number of halogens is 2. The van der Waals surface area contributed by atoms with Gasteiger partial charge in [-0.1, -0.05) is 34.1 Å². The van der Waals surface area contributed by atoms with Crippen LogP contribution in [-0.2, 0) is 0 Å². The number of hydrogen-bond acceptors (Lipinski definition) is 2. The highest BCUT2D eigenvalue weighted by Crippen LogP contribution is 2.46. The maximum atomic E-state index is 13.3. The van der Waals surface area contributed by atoms with Gasteiger partial charge >= 0.3 is 0 Å². The van der Waals surface area contributed by atoms with Crippen LogP contribution < -0.4 is 4.74 Å². The Hall–Kier alpha value is -2.17. The molecule has 0 bridgehead atoms. The summed E-state index contributed by atoms with van der Waals surface area (Å²) in [6, 6.07) is 20.6. The number of benzene rings is 3. The van der Waals surface area contributed by atoms with Crippen molar-refractivity contribution < 1.29 is 9.13 Å². The van der Waals surface area contributed by atoms with E-state index in [0.717, 1.165) is 36.5 Å². The summed E-state index contributed by atoms with van der Waals surface area (Å²) in [5, 5.41) is 1.07. The van der Waals surface area contributed by atoms with Gasteiger partial charge in [0.15, 0.2) is 5.75 Å². The summed E-state index contributed by atoms with van der Waals surface area (Å²) < 4.78 is 21.7. The Kier molecular flexibility index (Phi) is 4.32. The third-order valence-corrected chi connectivity index (χ3v) is 5.65. The van der Waals surface area contributed by atoms with Crippen molar-refractivity contribution in [1.82, 2.24) is 0 Å². The summed E-state index contributed by atoms with van der Waals surface area (Å²) in [5.74, 6) is 1.34. The van der Waals surface area contributed by atoms with Crippen molar-refractivity contribution in [3.63, 3.8) is 0 Å². The first-order valence-electron chi connectivity index (χ1n) is 7.83. The van der Waals surface area contributed by atoms with E-state index in [2.05, 4.69) is 41.1 Å². The van der Waals surface area contributed by atoms with Gasteiger partial charge in [-0.05, 0) is 66.6 Å². The minimum absolute atomic E-state index is 0.240. The van der Waals surface area contributed by atoms with Gasteiger partial charge in [0.1, 0.15) is 11.6 Å². The smallest absolute Gasteiger partial charge is 0.153 e. The van der Waals surface area contributed by atoms with Crippen LogP contribution in [0.5, 0.6) is 11.5 Å². The predicted octanol–water partition coefficient (Wildman–Crippen LogP) is 7.57. The Balaban J connectivity index is 1.88. The van der Waals surface area contributed by atoms with Crippen molar-refractivity contribution in [1.29, 1.82) is 0 Å². The zero-order valence-electron chi connectivity index (χ0n) is 13.4. The van der Waals surface area contributed by atoms with Crippen molar-refractivity contribution >= 4 is 37.4 Å². The summed E-state index contributed by atoms with van der Waals surface area (Å²) in [6.07, 6.45) is 0. The summed E-state index contributed by atoms with van der Waals surface area (Å²) >= 11 is 5.10. The van der Waals surface area contributed by atoms with Crippen LogP contribution in [0.25, 0.3) is 20.5 Å². The highest BCUT2D eigenvalue weighted by atomic mass is 79.9. The minimum Gasteiger partial charge on any atom is -0.455 e. The lowest BCUT2D eigenvalue weighted by atomic mass is 10.1. The average Bonchev–Trinajstić information content (AvgIpc) is 2.95. The fourth-order valence-corrected chi connectivity index (χ4v) is 4.19. The van der Waals surface area contributed by atoms with E-state index in [9.17, 15) is 4.39 Å². The maximum absolute atomic E-state index is 13.3. The number of aryl methyl sites for hydroxylation is 1. The molecule has 0 unspecified atom stereocenters. The molecule has 4 heteroatoms. The first-order chi connectivity index (χ1) is 12.1. The van der Waals surface area contributed by atoms with E-state index in [1.165, 1.54) is 17.7 Å². The van der Waals surface area contributed by atoms with Gasteiger partial charge in [-0.2, -0.15) is 0 Å². The van der Waals surface area contributed by atoms with Crippen LogP contribution in [0, 0.1) is 12.7 Å². The molecule has 25 heavy (non-hydrogen) atoms. The molecule has 124 valence electrons. The Morgan fingerprint density at radius 1 is 0.920 bits per heavy atom. The van der Waals surface area contributed by atoms with E-state index >= 15 is 0 Å². The molecular weight excluding hydrogens is 399 g/mol. The second-order valence-electron chi connectivity index (χ2n) is 5.82. The molecule has 0 aliphatic carbocycles. The van der Waals surface area contributed by atoms with Gasteiger partial charge < -0.3 is 4.74 Å². The lowest BCUT2D eigenvalue weighted by Crippen LogP contribution is -1.86. The molecule has 0 atom stereocenters. The first kappa shape index (κ1) is 16.3. The zero-order valence-corrected chi connectivity index (χ0v) is 15.8. The number of rotatable bonds is 3. The van der Waals surface area contributed by atoms with Gasteiger partial charge in [0.25, 0.3) is 0 Å².